The zero-order chi connectivity index (χ0) is 13.7. The summed E-state index contributed by atoms with van der Waals surface area (Å²) in [5, 5.41) is 6.04. The van der Waals surface area contributed by atoms with Gasteiger partial charge in [-0.2, -0.15) is 0 Å². The van der Waals surface area contributed by atoms with E-state index in [9.17, 15) is 4.21 Å². The van der Waals surface area contributed by atoms with Crippen LogP contribution in [-0.2, 0) is 10.8 Å². The highest BCUT2D eigenvalue weighted by atomic mass is 32.2. The topological polar surface area (TPSA) is 29.1 Å². The standard InChI is InChI=1S/C16H21NOS/c1-13(17-10-5-11-19(2)18)15-9-8-14-6-3-4-7-16(14)12-15/h3-4,6-9,12-13,17H,5,10-11H2,1-2H3. The lowest BCUT2D eigenvalue weighted by atomic mass is 10.0. The van der Waals surface area contributed by atoms with Crippen LogP contribution in [0.5, 0.6) is 0 Å². The summed E-state index contributed by atoms with van der Waals surface area (Å²) in [6.45, 7) is 3.08. The molecule has 0 saturated heterocycles. The van der Waals surface area contributed by atoms with Crippen LogP contribution in [0.2, 0.25) is 0 Å². The highest BCUT2D eigenvalue weighted by molar-refractivity contribution is 7.84. The molecule has 0 aliphatic carbocycles. The Hall–Kier alpha value is -1.19. The lowest BCUT2D eigenvalue weighted by Crippen LogP contribution is -2.21. The average molecular weight is 275 g/mol. The quantitative estimate of drug-likeness (QED) is 0.820. The van der Waals surface area contributed by atoms with Gasteiger partial charge in [0, 0.05) is 28.9 Å². The van der Waals surface area contributed by atoms with Crippen molar-refractivity contribution in [1.29, 1.82) is 0 Å². The van der Waals surface area contributed by atoms with Crippen molar-refractivity contribution >= 4 is 21.6 Å². The zero-order valence-electron chi connectivity index (χ0n) is 11.6. The van der Waals surface area contributed by atoms with Gasteiger partial charge in [0.2, 0.25) is 0 Å². The molecule has 2 atom stereocenters. The summed E-state index contributed by atoms with van der Waals surface area (Å²) in [5.41, 5.74) is 1.30. The minimum atomic E-state index is -0.683. The van der Waals surface area contributed by atoms with Gasteiger partial charge in [-0.15, -0.1) is 0 Å². The molecule has 2 rings (SSSR count). The molecule has 0 amide bonds. The van der Waals surface area contributed by atoms with Gasteiger partial charge >= 0.3 is 0 Å². The van der Waals surface area contributed by atoms with Crippen molar-refractivity contribution in [1.82, 2.24) is 5.32 Å². The largest absolute Gasteiger partial charge is 0.310 e. The van der Waals surface area contributed by atoms with Crippen LogP contribution in [0, 0.1) is 0 Å². The maximum atomic E-state index is 11.0. The normalized spacial score (nSPS) is 14.4. The van der Waals surface area contributed by atoms with Crippen LogP contribution < -0.4 is 5.32 Å². The van der Waals surface area contributed by atoms with Gasteiger partial charge in [-0.1, -0.05) is 36.4 Å². The van der Waals surface area contributed by atoms with Gasteiger partial charge in [0.15, 0.2) is 0 Å². The van der Waals surface area contributed by atoms with Crippen molar-refractivity contribution in [2.75, 3.05) is 18.6 Å². The number of hydrogen-bond donors (Lipinski definition) is 1. The first-order chi connectivity index (χ1) is 9.16. The summed E-state index contributed by atoms with van der Waals surface area (Å²) < 4.78 is 11.0. The number of rotatable bonds is 6. The van der Waals surface area contributed by atoms with E-state index in [1.165, 1.54) is 16.3 Å². The molecule has 0 radical (unpaired) electrons. The third kappa shape index (κ3) is 4.15. The number of fused-ring (bicyclic) bond motifs is 1. The smallest absolute Gasteiger partial charge is 0.0292 e. The first-order valence-electron chi connectivity index (χ1n) is 6.69. The molecule has 0 fully saturated rings. The van der Waals surface area contributed by atoms with Crippen molar-refractivity contribution in [3.05, 3.63) is 48.0 Å². The van der Waals surface area contributed by atoms with Gasteiger partial charge in [-0.25, -0.2) is 0 Å². The molecule has 2 nitrogen and oxygen atoms in total. The summed E-state index contributed by atoms with van der Waals surface area (Å²) in [4.78, 5) is 0. The van der Waals surface area contributed by atoms with E-state index >= 15 is 0 Å². The van der Waals surface area contributed by atoms with Gasteiger partial charge < -0.3 is 5.32 Å². The van der Waals surface area contributed by atoms with Crippen molar-refractivity contribution < 1.29 is 4.21 Å². The van der Waals surface area contributed by atoms with Gasteiger partial charge in [0.05, 0.1) is 0 Å². The van der Waals surface area contributed by atoms with Crippen molar-refractivity contribution in [3.63, 3.8) is 0 Å². The Morgan fingerprint density at radius 1 is 1.16 bits per heavy atom. The predicted octanol–water partition coefficient (Wildman–Crippen LogP) is 3.26. The van der Waals surface area contributed by atoms with E-state index in [0.717, 1.165) is 18.7 Å². The van der Waals surface area contributed by atoms with E-state index in [0.29, 0.717) is 6.04 Å². The molecule has 2 unspecified atom stereocenters. The molecule has 0 saturated carbocycles. The Morgan fingerprint density at radius 2 is 1.89 bits per heavy atom. The van der Waals surface area contributed by atoms with Crippen LogP contribution in [-0.4, -0.2) is 22.8 Å². The predicted molar refractivity (Wildman–Crippen MR) is 83.9 cm³/mol. The van der Waals surface area contributed by atoms with E-state index < -0.39 is 10.8 Å². The van der Waals surface area contributed by atoms with Crippen LogP contribution in [0.25, 0.3) is 10.8 Å². The Balaban J connectivity index is 1.97. The summed E-state index contributed by atoms with van der Waals surface area (Å²) in [5.74, 6) is 0.775. The van der Waals surface area contributed by atoms with Crippen LogP contribution in [0.1, 0.15) is 24.9 Å². The maximum absolute atomic E-state index is 11.0. The van der Waals surface area contributed by atoms with Crippen LogP contribution >= 0.6 is 0 Å². The molecule has 19 heavy (non-hydrogen) atoms. The minimum Gasteiger partial charge on any atom is -0.310 e. The van der Waals surface area contributed by atoms with Crippen LogP contribution in [0.4, 0.5) is 0 Å². The Labute approximate surface area is 117 Å². The second kappa shape index (κ2) is 6.83. The molecule has 0 spiro atoms. The molecule has 102 valence electrons. The Morgan fingerprint density at radius 3 is 2.63 bits per heavy atom. The Bertz CT molecular complexity index is 567. The fourth-order valence-corrected chi connectivity index (χ4v) is 2.74. The highest BCUT2D eigenvalue weighted by Gasteiger charge is 2.05. The first-order valence-corrected chi connectivity index (χ1v) is 8.41. The molecule has 0 aliphatic heterocycles. The first kappa shape index (κ1) is 14.2. The summed E-state index contributed by atoms with van der Waals surface area (Å²) in [6, 6.07) is 15.3. The van der Waals surface area contributed by atoms with E-state index in [2.05, 4.69) is 54.7 Å². The lowest BCUT2D eigenvalue weighted by Gasteiger charge is -2.14. The SMILES string of the molecule is CC(NCCCS(C)=O)c1ccc2ccccc2c1. The molecule has 1 N–H and O–H groups in total. The van der Waals surface area contributed by atoms with Crippen LogP contribution in [0.15, 0.2) is 42.5 Å². The van der Waals surface area contributed by atoms with Crippen molar-refractivity contribution in [2.45, 2.75) is 19.4 Å². The van der Waals surface area contributed by atoms with Gasteiger partial charge in [-0.05, 0) is 42.3 Å². The summed E-state index contributed by atoms with van der Waals surface area (Å²) in [6.07, 6.45) is 2.72. The number of hydrogen-bond acceptors (Lipinski definition) is 2. The van der Waals surface area contributed by atoms with E-state index in [-0.39, 0.29) is 0 Å². The lowest BCUT2D eigenvalue weighted by molar-refractivity contribution is 0.571. The number of nitrogens with one attached hydrogen (secondary N) is 1. The van der Waals surface area contributed by atoms with Crippen LogP contribution in [0.3, 0.4) is 0 Å². The highest BCUT2D eigenvalue weighted by Crippen LogP contribution is 2.20. The average Bonchev–Trinajstić information content (AvgIpc) is 2.42. The number of benzene rings is 2. The molecule has 0 bridgehead atoms. The molecule has 2 aromatic rings. The monoisotopic (exact) mass is 275 g/mol. The van der Waals surface area contributed by atoms with Crippen molar-refractivity contribution in [2.24, 2.45) is 0 Å². The van der Waals surface area contributed by atoms with E-state index in [1.807, 2.05) is 0 Å². The van der Waals surface area contributed by atoms with Gasteiger partial charge in [0.25, 0.3) is 0 Å². The molecule has 0 aliphatic rings. The van der Waals surface area contributed by atoms with Crippen molar-refractivity contribution in [3.8, 4) is 0 Å². The van der Waals surface area contributed by atoms with Gasteiger partial charge in [0.1, 0.15) is 0 Å². The Kier molecular flexibility index (Phi) is 5.11. The summed E-state index contributed by atoms with van der Waals surface area (Å²) >= 11 is 0. The molecular weight excluding hydrogens is 254 g/mol. The second-order valence-electron chi connectivity index (χ2n) is 4.91. The molecule has 0 aromatic heterocycles. The summed E-state index contributed by atoms with van der Waals surface area (Å²) in [7, 11) is -0.683. The molecular formula is C16H21NOS. The fourth-order valence-electron chi connectivity index (χ4n) is 2.19. The van der Waals surface area contributed by atoms with E-state index in [1.54, 1.807) is 6.26 Å². The third-order valence-electron chi connectivity index (χ3n) is 3.33. The third-order valence-corrected chi connectivity index (χ3v) is 4.20. The minimum absolute atomic E-state index is 0.329. The zero-order valence-corrected chi connectivity index (χ0v) is 12.4. The molecule has 2 aromatic carbocycles. The maximum Gasteiger partial charge on any atom is 0.0292 e. The molecule has 3 heteroatoms. The fraction of sp³-hybridized carbons (Fsp3) is 0.375. The van der Waals surface area contributed by atoms with E-state index in [4.69, 9.17) is 0 Å². The van der Waals surface area contributed by atoms with Gasteiger partial charge in [-0.3, -0.25) is 4.21 Å². The second-order valence-corrected chi connectivity index (χ2v) is 6.47. The molecule has 0 heterocycles.